The maximum Gasteiger partial charge on any atom is 0.338 e. The molecule has 0 spiro atoms. The number of esters is 1. The van der Waals surface area contributed by atoms with Gasteiger partial charge in [-0.1, -0.05) is 0 Å². The van der Waals surface area contributed by atoms with E-state index in [0.29, 0.717) is 11.3 Å². The van der Waals surface area contributed by atoms with Crippen molar-refractivity contribution in [3.8, 4) is 0 Å². The maximum absolute atomic E-state index is 13.6. The monoisotopic (exact) mass is 275 g/mol. The van der Waals surface area contributed by atoms with E-state index < -0.39 is 17.9 Å². The van der Waals surface area contributed by atoms with E-state index in [1.165, 1.54) is 13.2 Å². The first-order valence-corrected chi connectivity index (χ1v) is 5.89. The summed E-state index contributed by atoms with van der Waals surface area (Å²) in [5.74, 6) is -1.05. The molecule has 0 fully saturated rings. The van der Waals surface area contributed by atoms with E-state index in [9.17, 15) is 14.3 Å². The Kier molecular flexibility index (Phi) is 5.37. The van der Waals surface area contributed by atoms with Crippen molar-refractivity contribution >= 4 is 23.3 Å². The lowest BCUT2D eigenvalue weighted by molar-refractivity contribution is 0.0600. The summed E-state index contributed by atoms with van der Waals surface area (Å²) >= 11 is 5.46. The first kappa shape index (κ1) is 14.7. The maximum atomic E-state index is 13.6. The summed E-state index contributed by atoms with van der Waals surface area (Å²) in [4.78, 5) is 11.3. The van der Waals surface area contributed by atoms with E-state index in [2.05, 4.69) is 10.1 Å². The number of hydrogen-bond acceptors (Lipinski definition) is 4. The third-order valence-electron chi connectivity index (χ3n) is 2.47. The molecule has 1 unspecified atom stereocenters. The van der Waals surface area contributed by atoms with Crippen molar-refractivity contribution in [2.24, 2.45) is 0 Å². The Morgan fingerprint density at radius 2 is 2.28 bits per heavy atom. The Morgan fingerprint density at radius 3 is 2.83 bits per heavy atom. The number of hydrogen-bond donors (Lipinski definition) is 2. The largest absolute Gasteiger partial charge is 0.465 e. The number of halogens is 2. The van der Waals surface area contributed by atoms with Crippen LogP contribution in [0.2, 0.25) is 0 Å². The van der Waals surface area contributed by atoms with Crippen LogP contribution in [0.5, 0.6) is 0 Å². The molecule has 6 heteroatoms. The van der Waals surface area contributed by atoms with E-state index in [-0.39, 0.29) is 18.0 Å². The third-order valence-corrected chi connectivity index (χ3v) is 2.83. The number of rotatable bonds is 5. The van der Waals surface area contributed by atoms with E-state index in [1.54, 1.807) is 6.92 Å². The van der Waals surface area contributed by atoms with Crippen LogP contribution in [0.25, 0.3) is 0 Å². The number of benzene rings is 1. The fraction of sp³-hybridized carbons (Fsp3) is 0.417. The number of carbonyl (C=O) groups is 1. The molecule has 1 aromatic carbocycles. The number of anilines is 1. The van der Waals surface area contributed by atoms with Crippen molar-refractivity contribution in [1.82, 2.24) is 0 Å². The van der Waals surface area contributed by atoms with Crippen LogP contribution in [0.4, 0.5) is 10.1 Å². The van der Waals surface area contributed by atoms with Crippen molar-refractivity contribution in [1.29, 1.82) is 0 Å². The molecule has 0 saturated heterocycles. The third kappa shape index (κ3) is 3.58. The molecule has 0 aliphatic heterocycles. The Balaban J connectivity index is 2.95. The zero-order chi connectivity index (χ0) is 13.7. The lowest BCUT2D eigenvalue weighted by Crippen LogP contribution is -2.21. The number of aliphatic hydroxyl groups excluding tert-OH is 1. The number of nitrogens with one attached hydrogen (secondary N) is 1. The molecule has 0 aliphatic rings. The van der Waals surface area contributed by atoms with Gasteiger partial charge in [-0.15, -0.1) is 11.6 Å². The molecule has 1 rings (SSSR count). The SMILES string of the molecule is COC(=O)c1cc(F)c(C)c(NCC(O)CCl)c1. The van der Waals surface area contributed by atoms with Crippen LogP contribution in [0.1, 0.15) is 15.9 Å². The quantitative estimate of drug-likeness (QED) is 0.637. The van der Waals surface area contributed by atoms with E-state index in [4.69, 9.17) is 11.6 Å². The van der Waals surface area contributed by atoms with Gasteiger partial charge in [0.2, 0.25) is 0 Å². The number of aliphatic hydroxyl groups is 1. The fourth-order valence-electron chi connectivity index (χ4n) is 1.38. The zero-order valence-corrected chi connectivity index (χ0v) is 10.9. The van der Waals surface area contributed by atoms with Gasteiger partial charge in [-0.05, 0) is 19.1 Å². The molecular formula is C12H15ClFNO3. The molecule has 0 heterocycles. The van der Waals surface area contributed by atoms with Crippen molar-refractivity contribution in [2.75, 3.05) is 24.9 Å². The molecule has 18 heavy (non-hydrogen) atoms. The molecule has 0 bridgehead atoms. The Morgan fingerprint density at radius 1 is 1.61 bits per heavy atom. The highest BCUT2D eigenvalue weighted by Gasteiger charge is 2.13. The van der Waals surface area contributed by atoms with Crippen LogP contribution in [-0.4, -0.2) is 36.7 Å². The summed E-state index contributed by atoms with van der Waals surface area (Å²) in [6.07, 6.45) is -0.740. The first-order valence-electron chi connectivity index (χ1n) is 5.36. The summed E-state index contributed by atoms with van der Waals surface area (Å²) < 4.78 is 18.1. The zero-order valence-electron chi connectivity index (χ0n) is 10.2. The van der Waals surface area contributed by atoms with Crippen LogP contribution >= 0.6 is 11.6 Å². The minimum atomic E-state index is -0.740. The van der Waals surface area contributed by atoms with Gasteiger partial charge in [0.05, 0.1) is 24.7 Å². The molecule has 0 radical (unpaired) electrons. The number of alkyl halides is 1. The minimum absolute atomic E-state index is 0.0746. The number of ether oxygens (including phenoxy) is 1. The van der Waals surface area contributed by atoms with Gasteiger partial charge in [0.1, 0.15) is 5.82 Å². The van der Waals surface area contributed by atoms with Gasteiger partial charge in [0.25, 0.3) is 0 Å². The van der Waals surface area contributed by atoms with E-state index >= 15 is 0 Å². The Hall–Kier alpha value is -1.33. The number of carbonyl (C=O) groups excluding carboxylic acids is 1. The second kappa shape index (κ2) is 6.56. The molecule has 4 nitrogen and oxygen atoms in total. The van der Waals surface area contributed by atoms with E-state index in [0.717, 1.165) is 6.07 Å². The first-order chi connectivity index (χ1) is 8.49. The molecule has 0 amide bonds. The predicted octanol–water partition coefficient (Wildman–Crippen LogP) is 1.93. The summed E-state index contributed by atoms with van der Waals surface area (Å²) in [5, 5.41) is 12.2. The molecule has 2 N–H and O–H groups in total. The molecule has 1 atom stereocenters. The molecule has 100 valence electrons. The van der Waals surface area contributed by atoms with Crippen molar-refractivity contribution < 1.29 is 19.0 Å². The highest BCUT2D eigenvalue weighted by Crippen LogP contribution is 2.21. The van der Waals surface area contributed by atoms with Crippen molar-refractivity contribution in [3.05, 3.63) is 29.1 Å². The van der Waals surface area contributed by atoms with E-state index in [1.807, 2.05) is 0 Å². The predicted molar refractivity (Wildman–Crippen MR) is 67.7 cm³/mol. The molecular weight excluding hydrogens is 261 g/mol. The van der Waals surface area contributed by atoms with Crippen LogP contribution < -0.4 is 5.32 Å². The number of methoxy groups -OCH3 is 1. The minimum Gasteiger partial charge on any atom is -0.465 e. The second-order valence-corrected chi connectivity index (χ2v) is 4.12. The highest BCUT2D eigenvalue weighted by atomic mass is 35.5. The molecule has 0 aromatic heterocycles. The van der Waals surface area contributed by atoms with Crippen LogP contribution in [0.3, 0.4) is 0 Å². The van der Waals surface area contributed by atoms with Crippen molar-refractivity contribution in [3.63, 3.8) is 0 Å². The Labute approximate surface area is 110 Å². The summed E-state index contributed by atoms with van der Waals surface area (Å²) in [6.45, 7) is 1.75. The topological polar surface area (TPSA) is 58.6 Å². The summed E-state index contributed by atoms with van der Waals surface area (Å²) in [7, 11) is 1.23. The lowest BCUT2D eigenvalue weighted by Gasteiger charge is -2.14. The van der Waals surface area contributed by atoms with Gasteiger partial charge in [0.15, 0.2) is 0 Å². The van der Waals surface area contributed by atoms with Crippen LogP contribution in [-0.2, 0) is 4.74 Å². The lowest BCUT2D eigenvalue weighted by atomic mass is 10.1. The van der Waals surface area contributed by atoms with Gasteiger partial charge in [-0.25, -0.2) is 9.18 Å². The molecule has 1 aromatic rings. The smallest absolute Gasteiger partial charge is 0.338 e. The average Bonchev–Trinajstić information content (AvgIpc) is 2.38. The molecule has 0 saturated carbocycles. The molecule has 0 aliphatic carbocycles. The Bertz CT molecular complexity index is 440. The van der Waals surface area contributed by atoms with Crippen molar-refractivity contribution in [2.45, 2.75) is 13.0 Å². The second-order valence-electron chi connectivity index (χ2n) is 3.81. The highest BCUT2D eigenvalue weighted by molar-refractivity contribution is 6.18. The van der Waals surface area contributed by atoms with Gasteiger partial charge in [-0.2, -0.15) is 0 Å². The van der Waals surface area contributed by atoms with Crippen LogP contribution in [0.15, 0.2) is 12.1 Å². The van der Waals surface area contributed by atoms with Gasteiger partial charge >= 0.3 is 5.97 Å². The normalized spacial score (nSPS) is 12.1. The summed E-state index contributed by atoms with van der Waals surface area (Å²) in [6, 6.07) is 2.59. The summed E-state index contributed by atoms with van der Waals surface area (Å²) in [5.41, 5.74) is 0.910. The van der Waals surface area contributed by atoms with Gasteiger partial charge in [-0.3, -0.25) is 0 Å². The fourth-order valence-corrected chi connectivity index (χ4v) is 1.49. The van der Waals surface area contributed by atoms with Gasteiger partial charge < -0.3 is 15.2 Å². The van der Waals surface area contributed by atoms with Crippen LogP contribution in [0, 0.1) is 12.7 Å². The van der Waals surface area contributed by atoms with Gasteiger partial charge in [0, 0.05) is 17.8 Å². The average molecular weight is 276 g/mol. The standard InChI is InChI=1S/C12H15ClFNO3/c1-7-10(14)3-8(12(17)18-2)4-11(7)15-6-9(16)5-13/h3-4,9,15-16H,5-6H2,1-2H3.